The smallest absolute Gasteiger partial charge is 0.158 e. The van der Waals surface area contributed by atoms with Gasteiger partial charge in [-0.2, -0.15) is 0 Å². The molecular formula is C13H13BrClN3O2. The maximum absolute atomic E-state index is 5.97. The Morgan fingerprint density at radius 2 is 2.05 bits per heavy atom. The molecule has 2 aromatic rings. The van der Waals surface area contributed by atoms with Crippen LogP contribution < -0.4 is 10.1 Å². The molecule has 0 atom stereocenters. The van der Waals surface area contributed by atoms with Crippen molar-refractivity contribution in [3.63, 3.8) is 0 Å². The molecule has 1 aromatic carbocycles. The van der Waals surface area contributed by atoms with Crippen molar-refractivity contribution >= 4 is 39.0 Å². The molecule has 1 heterocycles. The van der Waals surface area contributed by atoms with E-state index in [0.717, 1.165) is 15.9 Å². The van der Waals surface area contributed by atoms with E-state index in [1.54, 1.807) is 20.3 Å². The standard InChI is InChI=1S/C13H13BrClN3O2/c1-19-7-13-17-11(15)6-12(18-13)16-10-5-8(20-2)3-4-9(10)14/h3-6H,7H2,1-2H3,(H,16,17,18). The van der Waals surface area contributed by atoms with Crippen molar-refractivity contribution < 1.29 is 9.47 Å². The van der Waals surface area contributed by atoms with Crippen LogP contribution in [0.25, 0.3) is 0 Å². The largest absolute Gasteiger partial charge is 0.497 e. The predicted molar refractivity (Wildman–Crippen MR) is 81.7 cm³/mol. The van der Waals surface area contributed by atoms with Crippen LogP contribution in [0.15, 0.2) is 28.7 Å². The topological polar surface area (TPSA) is 56.3 Å². The molecule has 0 saturated heterocycles. The number of nitrogens with one attached hydrogen (secondary N) is 1. The molecule has 0 amide bonds. The van der Waals surface area contributed by atoms with Crippen LogP contribution in [-0.2, 0) is 11.3 Å². The summed E-state index contributed by atoms with van der Waals surface area (Å²) in [4.78, 5) is 8.40. The summed E-state index contributed by atoms with van der Waals surface area (Å²) in [5.74, 6) is 1.85. The molecule has 1 aromatic heterocycles. The van der Waals surface area contributed by atoms with E-state index in [9.17, 15) is 0 Å². The van der Waals surface area contributed by atoms with E-state index in [0.29, 0.717) is 23.4 Å². The van der Waals surface area contributed by atoms with Crippen LogP contribution in [0.1, 0.15) is 5.82 Å². The van der Waals surface area contributed by atoms with Gasteiger partial charge >= 0.3 is 0 Å². The molecule has 0 saturated carbocycles. The third-order valence-electron chi connectivity index (χ3n) is 2.45. The molecule has 106 valence electrons. The third kappa shape index (κ3) is 3.82. The van der Waals surface area contributed by atoms with Gasteiger partial charge in [0, 0.05) is 23.7 Å². The summed E-state index contributed by atoms with van der Waals surface area (Å²) in [6.07, 6.45) is 0. The van der Waals surface area contributed by atoms with Crippen LogP contribution in [-0.4, -0.2) is 24.2 Å². The molecule has 0 unspecified atom stereocenters. The summed E-state index contributed by atoms with van der Waals surface area (Å²) in [5.41, 5.74) is 0.822. The zero-order chi connectivity index (χ0) is 14.5. The number of halogens is 2. The van der Waals surface area contributed by atoms with Gasteiger partial charge in [-0.05, 0) is 28.1 Å². The van der Waals surface area contributed by atoms with E-state index in [-0.39, 0.29) is 0 Å². The van der Waals surface area contributed by atoms with E-state index in [1.807, 2.05) is 18.2 Å². The second-order valence-electron chi connectivity index (χ2n) is 3.90. The van der Waals surface area contributed by atoms with Crippen molar-refractivity contribution in [3.8, 4) is 5.75 Å². The Balaban J connectivity index is 2.29. The summed E-state index contributed by atoms with van der Waals surface area (Å²) >= 11 is 9.43. The molecule has 0 aliphatic rings. The first-order valence-electron chi connectivity index (χ1n) is 5.75. The second-order valence-corrected chi connectivity index (χ2v) is 5.14. The Hall–Kier alpha value is -1.37. The van der Waals surface area contributed by atoms with Gasteiger partial charge in [-0.3, -0.25) is 0 Å². The van der Waals surface area contributed by atoms with Crippen molar-refractivity contribution in [2.24, 2.45) is 0 Å². The number of ether oxygens (including phenoxy) is 2. The predicted octanol–water partition coefficient (Wildman–Crippen LogP) is 3.79. The molecule has 0 bridgehead atoms. The average molecular weight is 359 g/mol. The van der Waals surface area contributed by atoms with Gasteiger partial charge in [-0.25, -0.2) is 9.97 Å². The molecule has 0 fully saturated rings. The number of hydrogen-bond donors (Lipinski definition) is 1. The summed E-state index contributed by atoms with van der Waals surface area (Å²) < 4.78 is 11.1. The summed E-state index contributed by atoms with van der Waals surface area (Å²) in [6.45, 7) is 0.300. The lowest BCUT2D eigenvalue weighted by molar-refractivity contribution is 0.178. The quantitative estimate of drug-likeness (QED) is 0.824. The molecule has 7 heteroatoms. The Labute approximate surface area is 130 Å². The van der Waals surface area contributed by atoms with E-state index in [1.165, 1.54) is 0 Å². The highest BCUT2D eigenvalue weighted by molar-refractivity contribution is 9.10. The molecule has 20 heavy (non-hydrogen) atoms. The maximum Gasteiger partial charge on any atom is 0.158 e. The molecule has 0 radical (unpaired) electrons. The van der Waals surface area contributed by atoms with Gasteiger partial charge in [0.25, 0.3) is 0 Å². The van der Waals surface area contributed by atoms with Crippen LogP contribution >= 0.6 is 27.5 Å². The van der Waals surface area contributed by atoms with E-state index < -0.39 is 0 Å². The fourth-order valence-corrected chi connectivity index (χ4v) is 2.13. The van der Waals surface area contributed by atoms with Gasteiger partial charge in [-0.15, -0.1) is 0 Å². The van der Waals surface area contributed by atoms with E-state index >= 15 is 0 Å². The zero-order valence-corrected chi connectivity index (χ0v) is 13.3. The lowest BCUT2D eigenvalue weighted by Crippen LogP contribution is -2.02. The first-order chi connectivity index (χ1) is 9.62. The Morgan fingerprint density at radius 1 is 1.25 bits per heavy atom. The van der Waals surface area contributed by atoms with Gasteiger partial charge in [0.1, 0.15) is 23.3 Å². The van der Waals surface area contributed by atoms with Crippen molar-refractivity contribution in [1.82, 2.24) is 9.97 Å². The normalized spacial score (nSPS) is 10.4. The fourth-order valence-electron chi connectivity index (χ4n) is 1.59. The van der Waals surface area contributed by atoms with Gasteiger partial charge in [0.05, 0.1) is 12.8 Å². The second kappa shape index (κ2) is 6.88. The molecule has 2 rings (SSSR count). The Kier molecular flexibility index (Phi) is 5.17. The lowest BCUT2D eigenvalue weighted by atomic mass is 10.3. The highest BCUT2D eigenvalue weighted by Gasteiger charge is 2.07. The minimum Gasteiger partial charge on any atom is -0.497 e. The number of aromatic nitrogens is 2. The SMILES string of the molecule is COCc1nc(Cl)cc(Nc2cc(OC)ccc2Br)n1. The number of nitrogens with zero attached hydrogens (tertiary/aromatic N) is 2. The zero-order valence-electron chi connectivity index (χ0n) is 11.0. The molecule has 0 spiro atoms. The Bertz CT molecular complexity index is 610. The van der Waals surface area contributed by atoms with Crippen molar-refractivity contribution in [2.45, 2.75) is 6.61 Å². The van der Waals surface area contributed by atoms with Crippen molar-refractivity contribution in [2.75, 3.05) is 19.5 Å². The monoisotopic (exact) mass is 357 g/mol. The van der Waals surface area contributed by atoms with Gasteiger partial charge in [-0.1, -0.05) is 11.6 Å². The van der Waals surface area contributed by atoms with Crippen LogP contribution in [0.3, 0.4) is 0 Å². The molecular weight excluding hydrogens is 346 g/mol. The van der Waals surface area contributed by atoms with Gasteiger partial charge in [0.2, 0.25) is 0 Å². The minimum atomic E-state index is 0.300. The van der Waals surface area contributed by atoms with Crippen LogP contribution in [0, 0.1) is 0 Å². The fraction of sp³-hybridized carbons (Fsp3) is 0.231. The number of rotatable bonds is 5. The van der Waals surface area contributed by atoms with E-state index in [2.05, 4.69) is 31.2 Å². The molecule has 1 N–H and O–H groups in total. The van der Waals surface area contributed by atoms with Crippen LogP contribution in [0.5, 0.6) is 5.75 Å². The first kappa shape index (κ1) is 15.0. The summed E-state index contributed by atoms with van der Waals surface area (Å²) in [7, 11) is 3.20. The number of hydrogen-bond acceptors (Lipinski definition) is 5. The highest BCUT2D eigenvalue weighted by Crippen LogP contribution is 2.29. The summed E-state index contributed by atoms with van der Waals surface area (Å²) in [6, 6.07) is 7.25. The molecule has 5 nitrogen and oxygen atoms in total. The molecule has 0 aliphatic heterocycles. The maximum atomic E-state index is 5.97. The van der Waals surface area contributed by atoms with Gasteiger partial charge < -0.3 is 14.8 Å². The average Bonchev–Trinajstić information content (AvgIpc) is 2.41. The van der Waals surface area contributed by atoms with Crippen LogP contribution in [0.4, 0.5) is 11.5 Å². The minimum absolute atomic E-state index is 0.300. The first-order valence-corrected chi connectivity index (χ1v) is 6.92. The third-order valence-corrected chi connectivity index (χ3v) is 3.34. The van der Waals surface area contributed by atoms with Crippen molar-refractivity contribution in [3.05, 3.63) is 39.7 Å². The Morgan fingerprint density at radius 3 is 2.75 bits per heavy atom. The van der Waals surface area contributed by atoms with E-state index in [4.69, 9.17) is 21.1 Å². The number of anilines is 2. The number of benzene rings is 1. The summed E-state index contributed by atoms with van der Waals surface area (Å²) in [5, 5.41) is 3.52. The molecule has 0 aliphatic carbocycles. The van der Waals surface area contributed by atoms with Gasteiger partial charge in [0.15, 0.2) is 5.82 Å². The number of methoxy groups -OCH3 is 2. The van der Waals surface area contributed by atoms with Crippen molar-refractivity contribution in [1.29, 1.82) is 0 Å². The lowest BCUT2D eigenvalue weighted by Gasteiger charge is -2.10. The highest BCUT2D eigenvalue weighted by atomic mass is 79.9. The van der Waals surface area contributed by atoms with Crippen LogP contribution in [0.2, 0.25) is 5.15 Å².